The molecule has 9 heteroatoms. The van der Waals surface area contributed by atoms with Gasteiger partial charge in [-0.1, -0.05) is 12.2 Å². The molecular formula is C16H17F3N2O4. The number of halogens is 3. The van der Waals surface area contributed by atoms with Crippen LogP contribution in [0.2, 0.25) is 0 Å². The van der Waals surface area contributed by atoms with Crippen molar-refractivity contribution in [2.24, 2.45) is 0 Å². The molecule has 0 bridgehead atoms. The smallest absolute Gasteiger partial charge is 0.431 e. The summed E-state index contributed by atoms with van der Waals surface area (Å²) in [5, 5.41) is 4.10. The minimum absolute atomic E-state index is 0.400. The van der Waals surface area contributed by atoms with E-state index < -0.39 is 23.9 Å². The molecule has 136 valence electrons. The first-order valence-corrected chi connectivity index (χ1v) is 7.13. The van der Waals surface area contributed by atoms with E-state index in [1.807, 2.05) is 0 Å². The lowest BCUT2D eigenvalue weighted by Crippen LogP contribution is -2.48. The van der Waals surface area contributed by atoms with E-state index in [-0.39, 0.29) is 0 Å². The lowest BCUT2D eigenvalue weighted by atomic mass is 10.1. The largest absolute Gasteiger partial charge is 0.493 e. The van der Waals surface area contributed by atoms with Crippen LogP contribution in [0.4, 0.5) is 18.0 Å². The Bertz CT molecular complexity index is 689. The lowest BCUT2D eigenvalue weighted by Gasteiger charge is -2.22. The van der Waals surface area contributed by atoms with Crippen molar-refractivity contribution >= 4 is 12.1 Å². The second-order valence-corrected chi connectivity index (χ2v) is 5.02. The number of allylic oxidation sites excluding steroid dienone is 1. The van der Waals surface area contributed by atoms with Gasteiger partial charge in [0.1, 0.15) is 5.70 Å². The van der Waals surface area contributed by atoms with Gasteiger partial charge in [-0.05, 0) is 23.8 Å². The van der Waals surface area contributed by atoms with E-state index in [9.17, 15) is 18.0 Å². The summed E-state index contributed by atoms with van der Waals surface area (Å²) in [6, 6.07) is 1.43. The molecule has 0 aliphatic carbocycles. The quantitative estimate of drug-likeness (QED) is 0.849. The minimum Gasteiger partial charge on any atom is -0.493 e. The van der Waals surface area contributed by atoms with Crippen LogP contribution in [0, 0.1) is 0 Å². The third-order valence-electron chi connectivity index (χ3n) is 3.38. The number of amides is 2. The van der Waals surface area contributed by atoms with E-state index >= 15 is 0 Å². The van der Waals surface area contributed by atoms with Crippen molar-refractivity contribution < 1.29 is 32.2 Å². The van der Waals surface area contributed by atoms with Gasteiger partial charge in [-0.3, -0.25) is 0 Å². The van der Waals surface area contributed by atoms with Crippen LogP contribution in [-0.2, 0) is 0 Å². The van der Waals surface area contributed by atoms with Gasteiger partial charge >= 0.3 is 12.2 Å². The van der Waals surface area contributed by atoms with E-state index in [1.54, 1.807) is 23.5 Å². The highest BCUT2D eigenvalue weighted by molar-refractivity contribution is 5.79. The van der Waals surface area contributed by atoms with Gasteiger partial charge < -0.3 is 24.8 Å². The van der Waals surface area contributed by atoms with Crippen LogP contribution in [0.3, 0.4) is 0 Å². The molecule has 1 aliphatic rings. The number of carbonyl (C=O) groups is 1. The van der Waals surface area contributed by atoms with E-state index in [0.29, 0.717) is 22.8 Å². The molecule has 0 radical (unpaired) electrons. The second kappa shape index (κ2) is 7.37. The summed E-state index contributed by atoms with van der Waals surface area (Å²) in [6.07, 6.45) is -0.775. The summed E-state index contributed by atoms with van der Waals surface area (Å²) >= 11 is 0. The average molecular weight is 358 g/mol. The van der Waals surface area contributed by atoms with E-state index in [4.69, 9.17) is 14.2 Å². The highest BCUT2D eigenvalue weighted by atomic mass is 19.4. The Morgan fingerprint density at radius 3 is 2.16 bits per heavy atom. The number of hydrogen-bond donors (Lipinski definition) is 2. The fourth-order valence-corrected chi connectivity index (χ4v) is 2.25. The monoisotopic (exact) mass is 358 g/mol. The third-order valence-corrected chi connectivity index (χ3v) is 3.38. The van der Waals surface area contributed by atoms with Crippen LogP contribution in [0.1, 0.15) is 5.56 Å². The molecule has 25 heavy (non-hydrogen) atoms. The van der Waals surface area contributed by atoms with Crippen molar-refractivity contribution in [3.63, 3.8) is 0 Å². The van der Waals surface area contributed by atoms with Gasteiger partial charge in [-0.15, -0.1) is 0 Å². The maximum absolute atomic E-state index is 12.8. The molecule has 1 unspecified atom stereocenters. The van der Waals surface area contributed by atoms with Gasteiger partial charge in [0.05, 0.1) is 27.4 Å². The Morgan fingerprint density at radius 1 is 1.08 bits per heavy atom. The first kappa shape index (κ1) is 18.5. The fraction of sp³-hybridized carbons (Fsp3) is 0.312. The van der Waals surface area contributed by atoms with Crippen LogP contribution in [0.5, 0.6) is 17.2 Å². The number of ether oxygens (including phenoxy) is 3. The zero-order valence-electron chi connectivity index (χ0n) is 13.7. The first-order valence-electron chi connectivity index (χ1n) is 7.13. The molecule has 0 saturated carbocycles. The number of carbonyl (C=O) groups excluding carboxylic acids is 1. The standard InChI is InChI=1S/C16H17F3N2O4/c1-23-11-6-9(7-12(24-2)14(11)25-3)4-5-10-8-13(16(17,18)19)21-15(22)20-10/h4-8,10H,1-3H3,(H2,20,21,22). The Balaban J connectivity index is 2.31. The van der Waals surface area contributed by atoms with E-state index in [1.165, 1.54) is 27.4 Å². The summed E-state index contributed by atoms with van der Waals surface area (Å²) < 4.78 is 53.9. The Kier molecular flexibility index (Phi) is 5.45. The van der Waals surface area contributed by atoms with Crippen molar-refractivity contribution in [2.75, 3.05) is 21.3 Å². The number of alkyl halides is 3. The van der Waals surface area contributed by atoms with E-state index in [2.05, 4.69) is 5.32 Å². The molecule has 2 amide bonds. The van der Waals surface area contributed by atoms with Crippen LogP contribution >= 0.6 is 0 Å². The van der Waals surface area contributed by atoms with E-state index in [0.717, 1.165) is 6.08 Å². The molecule has 1 atom stereocenters. The van der Waals surface area contributed by atoms with Crippen molar-refractivity contribution in [1.82, 2.24) is 10.6 Å². The molecule has 1 aromatic rings. The van der Waals surface area contributed by atoms with Gasteiger partial charge in [0.25, 0.3) is 0 Å². The Hall–Kier alpha value is -2.84. The summed E-state index contributed by atoms with van der Waals surface area (Å²) in [4.78, 5) is 11.4. The summed E-state index contributed by atoms with van der Waals surface area (Å²) in [5.41, 5.74) is -0.500. The lowest BCUT2D eigenvalue weighted by molar-refractivity contribution is -0.0963. The van der Waals surface area contributed by atoms with Gasteiger partial charge in [0, 0.05) is 0 Å². The van der Waals surface area contributed by atoms with Gasteiger partial charge in [-0.25, -0.2) is 4.79 Å². The molecule has 2 N–H and O–H groups in total. The third kappa shape index (κ3) is 4.37. The molecule has 0 aromatic heterocycles. The molecular weight excluding hydrogens is 341 g/mol. The minimum atomic E-state index is -4.63. The van der Waals surface area contributed by atoms with Crippen LogP contribution in [-0.4, -0.2) is 39.6 Å². The number of rotatable bonds is 5. The number of hydrogen-bond acceptors (Lipinski definition) is 4. The number of nitrogens with one attached hydrogen (secondary N) is 2. The number of methoxy groups -OCH3 is 3. The first-order chi connectivity index (χ1) is 11.8. The van der Waals surface area contributed by atoms with Crippen molar-refractivity contribution in [1.29, 1.82) is 0 Å². The predicted molar refractivity (Wildman–Crippen MR) is 84.7 cm³/mol. The number of benzene rings is 1. The van der Waals surface area contributed by atoms with Crippen LogP contribution in [0.25, 0.3) is 6.08 Å². The Morgan fingerprint density at radius 2 is 1.68 bits per heavy atom. The molecule has 2 rings (SSSR count). The van der Waals surface area contributed by atoms with Crippen molar-refractivity contribution in [3.05, 3.63) is 35.5 Å². The van der Waals surface area contributed by atoms with Gasteiger partial charge in [-0.2, -0.15) is 13.2 Å². The zero-order valence-corrected chi connectivity index (χ0v) is 13.7. The number of urea groups is 1. The van der Waals surface area contributed by atoms with Gasteiger partial charge in [0.15, 0.2) is 11.5 Å². The normalized spacial score (nSPS) is 17.6. The summed E-state index contributed by atoms with van der Waals surface area (Å²) in [7, 11) is 4.37. The molecule has 6 nitrogen and oxygen atoms in total. The molecule has 0 fully saturated rings. The summed E-state index contributed by atoms with van der Waals surface area (Å²) in [6.45, 7) is 0. The Labute approximate surface area is 142 Å². The average Bonchev–Trinajstić information content (AvgIpc) is 2.57. The SMILES string of the molecule is COc1cc(C=CC2C=C(C(F)(F)F)NC(=O)N2)cc(OC)c1OC. The molecule has 0 spiro atoms. The highest BCUT2D eigenvalue weighted by Crippen LogP contribution is 2.38. The molecule has 1 aromatic carbocycles. The van der Waals surface area contributed by atoms with Crippen LogP contribution in [0.15, 0.2) is 30.0 Å². The molecule has 1 heterocycles. The topological polar surface area (TPSA) is 68.8 Å². The maximum atomic E-state index is 12.8. The highest BCUT2D eigenvalue weighted by Gasteiger charge is 2.37. The van der Waals surface area contributed by atoms with Crippen molar-refractivity contribution in [2.45, 2.75) is 12.2 Å². The maximum Gasteiger partial charge on any atom is 0.431 e. The van der Waals surface area contributed by atoms with Crippen LogP contribution < -0.4 is 24.8 Å². The zero-order chi connectivity index (χ0) is 18.6. The van der Waals surface area contributed by atoms with Gasteiger partial charge in [0.2, 0.25) is 5.75 Å². The molecule has 1 aliphatic heterocycles. The van der Waals surface area contributed by atoms with Crippen molar-refractivity contribution in [3.8, 4) is 17.2 Å². The predicted octanol–water partition coefficient (Wildman–Crippen LogP) is 2.85. The second-order valence-electron chi connectivity index (χ2n) is 5.02. The summed E-state index contributed by atoms with van der Waals surface area (Å²) in [5.74, 6) is 1.21. The molecule has 0 saturated heterocycles. The fourth-order valence-electron chi connectivity index (χ4n) is 2.25.